The molecule has 2 N–H and O–H groups in total. The number of aromatic nitrogens is 3. The Bertz CT molecular complexity index is 1360. The van der Waals surface area contributed by atoms with E-state index in [0.29, 0.717) is 43.1 Å². The lowest BCUT2D eigenvalue weighted by atomic mass is 9.83. The second kappa shape index (κ2) is 12.7. The van der Waals surface area contributed by atoms with Gasteiger partial charge in [-0.3, -0.25) is 14.5 Å². The van der Waals surface area contributed by atoms with Crippen LogP contribution < -0.4 is 18.9 Å². The van der Waals surface area contributed by atoms with Crippen molar-refractivity contribution in [2.24, 2.45) is 13.0 Å². The standard InChI is InChI=1S/C30H37N5O6/c1-3-4-10-35(23-6-5-9-32(2)15-23)27(37)17-34-16-24(21-13-22(18-36)29-26(14-21)40-20-41-29)28(30(38)39)25(34)7-11-33-12-8-31-19-33/h5-6,8-9,12-15,19,24-25,28,36H,3-4,7,10-11,16-18,20H2,1-2H3/p+1/t24-,25+,28-/m1/s1. The average Bonchev–Trinajstić information content (AvgIpc) is 3.72. The number of anilines is 1. The van der Waals surface area contributed by atoms with Crippen LogP contribution in [-0.4, -0.2) is 69.0 Å². The number of imidazole rings is 1. The maximum absolute atomic E-state index is 13.9. The molecule has 0 aliphatic carbocycles. The number of nitrogens with zero attached hydrogens (tertiary/aromatic N) is 5. The predicted molar refractivity (Wildman–Crippen MR) is 149 cm³/mol. The number of aliphatic hydroxyl groups is 1. The second-order valence-corrected chi connectivity index (χ2v) is 10.8. The van der Waals surface area contributed by atoms with Gasteiger partial charge in [0.1, 0.15) is 12.7 Å². The summed E-state index contributed by atoms with van der Waals surface area (Å²) < 4.78 is 15.0. The van der Waals surface area contributed by atoms with Crippen LogP contribution >= 0.6 is 0 Å². The van der Waals surface area contributed by atoms with Crippen LogP contribution in [0.15, 0.2) is 55.4 Å². The smallest absolute Gasteiger partial charge is 0.308 e. The summed E-state index contributed by atoms with van der Waals surface area (Å²) in [6.45, 7) is 3.52. The highest BCUT2D eigenvalue weighted by atomic mass is 16.7. The molecule has 11 heteroatoms. The summed E-state index contributed by atoms with van der Waals surface area (Å²) in [6.07, 6.45) is 11.4. The van der Waals surface area contributed by atoms with Gasteiger partial charge in [-0.05, 0) is 36.6 Å². The van der Waals surface area contributed by atoms with E-state index in [1.807, 2.05) is 68.8 Å². The Balaban J connectivity index is 1.47. The van der Waals surface area contributed by atoms with Gasteiger partial charge in [-0.2, -0.15) is 0 Å². The minimum absolute atomic E-state index is 0.0534. The number of hydrogen-bond acceptors (Lipinski definition) is 7. The number of hydrogen-bond donors (Lipinski definition) is 2. The summed E-state index contributed by atoms with van der Waals surface area (Å²) in [5.41, 5.74) is 2.13. The maximum Gasteiger partial charge on any atom is 0.308 e. The minimum atomic E-state index is -0.915. The molecule has 4 heterocycles. The third-order valence-corrected chi connectivity index (χ3v) is 8.06. The number of unbranched alkanes of at least 4 members (excludes halogenated alkanes) is 1. The van der Waals surface area contributed by atoms with Crippen LogP contribution in [0.5, 0.6) is 11.5 Å². The van der Waals surface area contributed by atoms with Gasteiger partial charge in [0, 0.05) is 55.6 Å². The van der Waals surface area contributed by atoms with Crippen molar-refractivity contribution in [2.45, 2.75) is 51.3 Å². The van der Waals surface area contributed by atoms with Gasteiger partial charge in [0.15, 0.2) is 23.9 Å². The van der Waals surface area contributed by atoms with E-state index in [0.717, 1.165) is 24.1 Å². The molecule has 218 valence electrons. The van der Waals surface area contributed by atoms with Crippen molar-refractivity contribution >= 4 is 17.6 Å². The molecule has 0 bridgehead atoms. The third-order valence-electron chi connectivity index (χ3n) is 8.06. The van der Waals surface area contributed by atoms with E-state index in [-0.39, 0.29) is 25.9 Å². The molecule has 3 aromatic rings. The van der Waals surface area contributed by atoms with Crippen molar-refractivity contribution in [3.05, 3.63) is 66.5 Å². The number of aliphatic hydroxyl groups excluding tert-OH is 1. The Morgan fingerprint density at radius 3 is 2.83 bits per heavy atom. The molecule has 11 nitrogen and oxygen atoms in total. The molecule has 0 saturated carbocycles. The molecule has 0 radical (unpaired) electrons. The quantitative estimate of drug-likeness (QED) is 0.322. The Morgan fingerprint density at radius 1 is 1.27 bits per heavy atom. The fourth-order valence-corrected chi connectivity index (χ4v) is 6.03. The van der Waals surface area contributed by atoms with E-state index in [4.69, 9.17) is 9.47 Å². The molecule has 2 aliphatic heterocycles. The summed E-state index contributed by atoms with van der Waals surface area (Å²) in [6, 6.07) is 7.08. The molecule has 0 unspecified atom stereocenters. The lowest BCUT2D eigenvalue weighted by Crippen LogP contribution is -2.45. The van der Waals surface area contributed by atoms with E-state index in [1.54, 1.807) is 12.5 Å². The summed E-state index contributed by atoms with van der Waals surface area (Å²) in [5, 5.41) is 20.5. The number of fused-ring (bicyclic) bond motifs is 1. The molecule has 1 amide bonds. The largest absolute Gasteiger partial charge is 0.481 e. The van der Waals surface area contributed by atoms with Gasteiger partial charge in [-0.1, -0.05) is 13.3 Å². The molecule has 41 heavy (non-hydrogen) atoms. The van der Waals surface area contributed by atoms with Crippen LogP contribution in [-0.2, 0) is 29.8 Å². The molecule has 2 aliphatic rings. The molecule has 1 aromatic carbocycles. The normalized spacial score (nSPS) is 19.9. The Kier molecular flexibility index (Phi) is 8.84. The number of rotatable bonds is 12. The maximum atomic E-state index is 13.9. The highest BCUT2D eigenvalue weighted by Gasteiger charge is 2.47. The Labute approximate surface area is 239 Å². The van der Waals surface area contributed by atoms with E-state index in [2.05, 4.69) is 11.9 Å². The van der Waals surface area contributed by atoms with E-state index < -0.39 is 23.8 Å². The molecule has 1 saturated heterocycles. The fraction of sp³-hybridized carbons (Fsp3) is 0.467. The molecule has 1 fully saturated rings. The van der Waals surface area contributed by atoms with Crippen molar-refractivity contribution in [3.8, 4) is 11.5 Å². The van der Waals surface area contributed by atoms with Crippen LogP contribution in [0.4, 0.5) is 5.69 Å². The van der Waals surface area contributed by atoms with Crippen LogP contribution in [0.25, 0.3) is 0 Å². The minimum Gasteiger partial charge on any atom is -0.481 e. The number of benzene rings is 1. The van der Waals surface area contributed by atoms with Gasteiger partial charge >= 0.3 is 5.97 Å². The summed E-state index contributed by atoms with van der Waals surface area (Å²) in [7, 11) is 1.92. The third kappa shape index (κ3) is 6.20. The zero-order valence-electron chi connectivity index (χ0n) is 23.6. The number of carboxylic acid groups (broad SMARTS) is 1. The summed E-state index contributed by atoms with van der Waals surface area (Å²) >= 11 is 0. The number of carboxylic acids is 1. The van der Waals surface area contributed by atoms with Gasteiger partial charge in [0.25, 0.3) is 0 Å². The monoisotopic (exact) mass is 564 g/mol. The zero-order valence-corrected chi connectivity index (χ0v) is 23.6. The Hall–Kier alpha value is -3.96. The Morgan fingerprint density at radius 2 is 2.12 bits per heavy atom. The lowest BCUT2D eigenvalue weighted by Gasteiger charge is -2.29. The van der Waals surface area contributed by atoms with E-state index in [9.17, 15) is 19.8 Å². The van der Waals surface area contributed by atoms with Gasteiger partial charge in [0.2, 0.25) is 12.7 Å². The first kappa shape index (κ1) is 28.6. The van der Waals surface area contributed by atoms with Crippen LogP contribution in [0, 0.1) is 5.92 Å². The van der Waals surface area contributed by atoms with Crippen LogP contribution in [0.2, 0.25) is 0 Å². The van der Waals surface area contributed by atoms with E-state index >= 15 is 0 Å². The molecular formula is C30H38N5O6+. The van der Waals surface area contributed by atoms with Crippen LogP contribution in [0.3, 0.4) is 0 Å². The number of carbonyl (C=O) groups is 2. The number of amides is 1. The topological polar surface area (TPSA) is 121 Å². The number of pyridine rings is 1. The zero-order chi connectivity index (χ0) is 28.9. The predicted octanol–water partition coefficient (Wildman–Crippen LogP) is 2.32. The lowest BCUT2D eigenvalue weighted by molar-refractivity contribution is -0.670. The number of aliphatic carboxylic acids is 1. The highest BCUT2D eigenvalue weighted by Crippen LogP contribution is 2.44. The molecule has 3 atom stereocenters. The van der Waals surface area contributed by atoms with Gasteiger partial charge in [-0.25, -0.2) is 9.55 Å². The number of carbonyl (C=O) groups excluding carboxylic acids is 1. The van der Waals surface area contributed by atoms with Crippen molar-refractivity contribution in [1.29, 1.82) is 0 Å². The first-order valence-electron chi connectivity index (χ1n) is 14.1. The molecule has 5 rings (SSSR count). The SMILES string of the molecule is CCCCN(C(=O)CN1C[C@H](c2cc(CO)c3c(c2)OCO3)[C@@H](C(=O)O)[C@@H]1CCn1ccnc1)c1ccc[n+](C)c1. The molecule has 0 spiro atoms. The van der Waals surface area contributed by atoms with Gasteiger partial charge in [-0.15, -0.1) is 0 Å². The molecule has 2 aromatic heterocycles. The van der Waals surface area contributed by atoms with Crippen molar-refractivity contribution < 1.29 is 33.8 Å². The molecular weight excluding hydrogens is 526 g/mol. The van der Waals surface area contributed by atoms with E-state index in [1.165, 1.54) is 0 Å². The number of ether oxygens (including phenoxy) is 2. The summed E-state index contributed by atoms with van der Waals surface area (Å²) in [4.78, 5) is 34.7. The second-order valence-electron chi connectivity index (χ2n) is 10.8. The fourth-order valence-electron chi connectivity index (χ4n) is 6.03. The highest BCUT2D eigenvalue weighted by molar-refractivity contribution is 5.94. The van der Waals surface area contributed by atoms with Crippen molar-refractivity contribution in [1.82, 2.24) is 14.5 Å². The van der Waals surface area contributed by atoms with Crippen molar-refractivity contribution in [3.63, 3.8) is 0 Å². The van der Waals surface area contributed by atoms with Gasteiger partial charge < -0.3 is 29.2 Å². The first-order valence-corrected chi connectivity index (χ1v) is 14.1. The van der Waals surface area contributed by atoms with Crippen molar-refractivity contribution in [2.75, 3.05) is 31.3 Å². The average molecular weight is 565 g/mol. The number of aryl methyl sites for hydroxylation is 2. The number of likely N-dealkylation sites (tertiary alicyclic amines) is 1. The van der Waals surface area contributed by atoms with Crippen LogP contribution in [0.1, 0.15) is 43.2 Å². The first-order chi connectivity index (χ1) is 19.9. The van der Waals surface area contributed by atoms with Gasteiger partial charge in [0.05, 0.1) is 25.4 Å². The summed E-state index contributed by atoms with van der Waals surface area (Å²) in [5.74, 6) is -1.16.